The molecule has 0 saturated heterocycles. The topological polar surface area (TPSA) is 88.5 Å². The highest BCUT2D eigenvalue weighted by molar-refractivity contribution is 5.94. The van der Waals surface area contributed by atoms with Gasteiger partial charge in [-0.1, -0.05) is 12.1 Å². The fourth-order valence-electron chi connectivity index (χ4n) is 3.55. The van der Waals surface area contributed by atoms with Gasteiger partial charge in [0.2, 0.25) is 0 Å². The van der Waals surface area contributed by atoms with Gasteiger partial charge in [0, 0.05) is 24.3 Å². The third-order valence-corrected chi connectivity index (χ3v) is 5.49. The first-order valence-electron chi connectivity index (χ1n) is 11.7. The molecule has 0 radical (unpaired) electrons. The molecule has 1 amide bonds. The molecule has 0 unspecified atom stereocenters. The summed E-state index contributed by atoms with van der Waals surface area (Å²) in [7, 11) is 3.87. The van der Waals surface area contributed by atoms with E-state index in [1.54, 1.807) is 30.3 Å². The lowest BCUT2D eigenvalue weighted by atomic mass is 10.2. The molecule has 0 spiro atoms. The molecule has 0 aliphatic heterocycles. The van der Waals surface area contributed by atoms with Gasteiger partial charge in [-0.3, -0.25) is 9.59 Å². The van der Waals surface area contributed by atoms with Gasteiger partial charge in [-0.05, 0) is 87.2 Å². The van der Waals surface area contributed by atoms with Gasteiger partial charge in [-0.2, -0.15) is 9.78 Å². The molecule has 37 heavy (non-hydrogen) atoms. The van der Waals surface area contributed by atoms with Crippen molar-refractivity contribution in [3.63, 3.8) is 0 Å². The molecule has 1 aromatic heterocycles. The van der Waals surface area contributed by atoms with Gasteiger partial charge in [0.05, 0.1) is 11.9 Å². The summed E-state index contributed by atoms with van der Waals surface area (Å²) in [6.07, 6.45) is 1.43. The van der Waals surface area contributed by atoms with Crippen LogP contribution < -0.4 is 20.9 Å². The fourth-order valence-corrected chi connectivity index (χ4v) is 3.55. The van der Waals surface area contributed by atoms with Gasteiger partial charge in [0.1, 0.15) is 11.6 Å². The summed E-state index contributed by atoms with van der Waals surface area (Å²) in [5.74, 6) is 0.174. The zero-order valence-electron chi connectivity index (χ0n) is 20.9. The highest BCUT2D eigenvalue weighted by atomic mass is 19.1. The van der Waals surface area contributed by atoms with Crippen LogP contribution in [0.15, 0.2) is 83.8 Å². The first-order chi connectivity index (χ1) is 17.8. The predicted octanol–water partition coefficient (Wildman–Crippen LogP) is 4.51. The standard InChI is InChI=1S/C28H28FN5O3/c1-19-5-4-6-24(17-19)37-25-18-31-34(23-13-9-21(29)10-14-23)28(36)26(25)32-22-11-7-20(8-12-22)27(35)30-15-16-33(2)3/h4-14,17-18,32H,15-16H2,1-3H3,(H,30,35). The second kappa shape index (κ2) is 11.5. The second-order valence-electron chi connectivity index (χ2n) is 8.76. The Morgan fingerprint density at radius 2 is 1.78 bits per heavy atom. The van der Waals surface area contributed by atoms with Gasteiger partial charge >= 0.3 is 0 Å². The van der Waals surface area contributed by atoms with E-state index in [0.717, 1.165) is 16.8 Å². The number of hydrogen-bond donors (Lipinski definition) is 2. The van der Waals surface area contributed by atoms with E-state index in [0.29, 0.717) is 29.2 Å². The van der Waals surface area contributed by atoms with Crippen molar-refractivity contribution < 1.29 is 13.9 Å². The third-order valence-electron chi connectivity index (χ3n) is 5.49. The van der Waals surface area contributed by atoms with Crippen LogP contribution in [-0.4, -0.2) is 47.8 Å². The molecular weight excluding hydrogens is 473 g/mol. The molecule has 9 heteroatoms. The number of aromatic nitrogens is 2. The largest absolute Gasteiger partial charge is 0.453 e. The number of carbonyl (C=O) groups is 1. The zero-order valence-corrected chi connectivity index (χ0v) is 20.9. The lowest BCUT2D eigenvalue weighted by molar-refractivity contribution is 0.0951. The molecule has 2 N–H and O–H groups in total. The normalized spacial score (nSPS) is 10.8. The molecular formula is C28H28FN5O3. The number of nitrogens with zero attached hydrogens (tertiary/aromatic N) is 3. The molecule has 0 atom stereocenters. The molecule has 0 aliphatic rings. The van der Waals surface area contributed by atoms with Crippen molar-refractivity contribution in [2.75, 3.05) is 32.5 Å². The molecule has 0 fully saturated rings. The van der Waals surface area contributed by atoms with E-state index in [9.17, 15) is 14.0 Å². The summed E-state index contributed by atoms with van der Waals surface area (Å²) in [6.45, 7) is 3.21. The number of likely N-dealkylation sites (N-methyl/N-ethyl adjacent to an activating group) is 1. The molecule has 1 heterocycles. The average molecular weight is 502 g/mol. The fraction of sp³-hybridized carbons (Fsp3) is 0.179. The quantitative estimate of drug-likeness (QED) is 0.351. The Labute approximate surface area is 214 Å². The number of carbonyl (C=O) groups excluding carboxylic acids is 1. The summed E-state index contributed by atoms with van der Waals surface area (Å²) < 4.78 is 20.6. The molecule has 0 saturated carbocycles. The van der Waals surface area contributed by atoms with Crippen molar-refractivity contribution in [3.8, 4) is 17.2 Å². The summed E-state index contributed by atoms with van der Waals surface area (Å²) in [4.78, 5) is 27.9. The van der Waals surface area contributed by atoms with E-state index in [1.807, 2.05) is 44.1 Å². The van der Waals surface area contributed by atoms with Crippen LogP contribution in [0.3, 0.4) is 0 Å². The van der Waals surface area contributed by atoms with E-state index in [4.69, 9.17) is 4.74 Å². The van der Waals surface area contributed by atoms with Crippen molar-refractivity contribution in [3.05, 3.63) is 106 Å². The van der Waals surface area contributed by atoms with Crippen LogP contribution in [-0.2, 0) is 0 Å². The molecule has 3 aromatic carbocycles. The number of rotatable bonds is 9. The Bertz CT molecular complexity index is 1430. The maximum atomic E-state index is 13.5. The van der Waals surface area contributed by atoms with Crippen LogP contribution in [0.2, 0.25) is 0 Å². The summed E-state index contributed by atoms with van der Waals surface area (Å²) in [5, 5.41) is 10.2. The first-order valence-corrected chi connectivity index (χ1v) is 11.7. The first kappa shape index (κ1) is 25.6. The molecule has 190 valence electrons. The molecule has 0 bridgehead atoms. The van der Waals surface area contributed by atoms with Gasteiger partial charge in [0.15, 0.2) is 11.4 Å². The highest BCUT2D eigenvalue weighted by Gasteiger charge is 2.16. The second-order valence-corrected chi connectivity index (χ2v) is 8.76. The predicted molar refractivity (Wildman–Crippen MR) is 142 cm³/mol. The minimum absolute atomic E-state index is 0.143. The Morgan fingerprint density at radius 3 is 2.46 bits per heavy atom. The van der Waals surface area contributed by atoms with E-state index < -0.39 is 11.4 Å². The molecule has 4 aromatic rings. The number of halogens is 1. The lowest BCUT2D eigenvalue weighted by Gasteiger charge is -2.15. The van der Waals surface area contributed by atoms with Crippen LogP contribution in [0.5, 0.6) is 11.5 Å². The minimum Gasteiger partial charge on any atom is -0.453 e. The lowest BCUT2D eigenvalue weighted by Crippen LogP contribution is -2.31. The number of benzene rings is 3. The van der Waals surface area contributed by atoms with Crippen molar-refractivity contribution in [1.29, 1.82) is 0 Å². The van der Waals surface area contributed by atoms with E-state index in [-0.39, 0.29) is 17.3 Å². The van der Waals surface area contributed by atoms with Gasteiger partial charge < -0.3 is 20.3 Å². The average Bonchev–Trinajstić information content (AvgIpc) is 2.87. The van der Waals surface area contributed by atoms with E-state index in [2.05, 4.69) is 15.7 Å². The van der Waals surface area contributed by atoms with Crippen LogP contribution in [0, 0.1) is 12.7 Å². The number of ether oxygens (including phenoxy) is 1. The summed E-state index contributed by atoms with van der Waals surface area (Å²) >= 11 is 0. The minimum atomic E-state index is -0.484. The Balaban J connectivity index is 1.64. The third kappa shape index (κ3) is 6.59. The van der Waals surface area contributed by atoms with Crippen LogP contribution >= 0.6 is 0 Å². The van der Waals surface area contributed by atoms with Crippen LogP contribution in [0.25, 0.3) is 5.69 Å². The smallest absolute Gasteiger partial charge is 0.299 e. The monoisotopic (exact) mass is 501 g/mol. The van der Waals surface area contributed by atoms with Crippen molar-refractivity contribution in [1.82, 2.24) is 20.0 Å². The van der Waals surface area contributed by atoms with Crippen LogP contribution in [0.1, 0.15) is 15.9 Å². The van der Waals surface area contributed by atoms with Crippen LogP contribution in [0.4, 0.5) is 15.8 Å². The highest BCUT2D eigenvalue weighted by Crippen LogP contribution is 2.29. The van der Waals surface area contributed by atoms with Gasteiger partial charge in [0.25, 0.3) is 11.5 Å². The zero-order chi connectivity index (χ0) is 26.4. The summed E-state index contributed by atoms with van der Waals surface area (Å²) in [6, 6.07) is 19.6. The maximum Gasteiger partial charge on any atom is 0.299 e. The number of anilines is 2. The summed E-state index contributed by atoms with van der Waals surface area (Å²) in [5.41, 5.74) is 2.14. The van der Waals surface area contributed by atoms with E-state index in [1.165, 1.54) is 30.5 Å². The van der Waals surface area contributed by atoms with Crippen molar-refractivity contribution in [2.24, 2.45) is 0 Å². The molecule has 8 nitrogen and oxygen atoms in total. The Morgan fingerprint density at radius 1 is 1.05 bits per heavy atom. The number of nitrogens with one attached hydrogen (secondary N) is 2. The van der Waals surface area contributed by atoms with Gasteiger partial charge in [-0.25, -0.2) is 4.39 Å². The van der Waals surface area contributed by atoms with E-state index >= 15 is 0 Å². The number of aryl methyl sites for hydroxylation is 1. The Hall–Kier alpha value is -4.50. The van der Waals surface area contributed by atoms with Crippen molar-refractivity contribution in [2.45, 2.75) is 6.92 Å². The SMILES string of the molecule is Cc1cccc(Oc2cnn(-c3ccc(F)cc3)c(=O)c2Nc2ccc(C(=O)NCCN(C)C)cc2)c1. The molecule has 0 aliphatic carbocycles. The Kier molecular flexibility index (Phi) is 7.95. The maximum absolute atomic E-state index is 13.5. The van der Waals surface area contributed by atoms with Gasteiger partial charge in [-0.15, -0.1) is 0 Å². The molecule has 4 rings (SSSR count). The number of amides is 1. The number of hydrogen-bond acceptors (Lipinski definition) is 6. The van der Waals surface area contributed by atoms with Crippen molar-refractivity contribution >= 4 is 17.3 Å².